The molecule has 0 spiro atoms. The third kappa shape index (κ3) is 6.85. The Morgan fingerprint density at radius 3 is 2.36 bits per heavy atom. The molecule has 0 fully saturated rings. The van der Waals surface area contributed by atoms with Gasteiger partial charge < -0.3 is 15.4 Å². The molecule has 3 heterocycles. The van der Waals surface area contributed by atoms with Crippen LogP contribution in [0.15, 0.2) is 72.3 Å². The molecule has 12 nitrogen and oxygen atoms in total. The highest BCUT2D eigenvalue weighted by Crippen LogP contribution is 2.27. The number of carbonyl (C=O) groups excluding carboxylic acids is 2. The highest BCUT2D eigenvalue weighted by molar-refractivity contribution is 6.29. The lowest BCUT2D eigenvalue weighted by atomic mass is 10.1. The van der Waals surface area contributed by atoms with Gasteiger partial charge in [0.25, 0.3) is 17.7 Å². The molecule has 0 saturated carbocycles. The van der Waals surface area contributed by atoms with Crippen molar-refractivity contribution in [1.82, 2.24) is 34.6 Å². The molecule has 2 N–H and O–H groups in total. The van der Waals surface area contributed by atoms with Gasteiger partial charge in [-0.05, 0) is 23.8 Å². The minimum atomic E-state index is -5.56. The molecule has 0 aliphatic heterocycles. The van der Waals surface area contributed by atoms with Gasteiger partial charge in [0.05, 0.1) is 18.4 Å². The predicted octanol–water partition coefficient (Wildman–Crippen LogP) is 3.00. The van der Waals surface area contributed by atoms with Crippen LogP contribution in [-0.2, 0) is 26.8 Å². The predicted molar refractivity (Wildman–Crippen MR) is 135 cm³/mol. The largest absolute Gasteiger partial charge is 0.491 e. The average Bonchev–Trinajstić information content (AvgIpc) is 3.50. The number of esters is 1. The van der Waals surface area contributed by atoms with Gasteiger partial charge in [0.15, 0.2) is 5.82 Å². The van der Waals surface area contributed by atoms with Crippen LogP contribution < -0.4 is 16.2 Å². The fourth-order valence-electron chi connectivity index (χ4n) is 3.55. The summed E-state index contributed by atoms with van der Waals surface area (Å²) >= 11 is 5.98. The number of benzene rings is 1. The second-order valence-electron chi connectivity index (χ2n) is 8.35. The minimum Gasteiger partial charge on any atom is -0.425 e. The summed E-state index contributed by atoms with van der Waals surface area (Å²) in [6.45, 7) is -1.54. The van der Waals surface area contributed by atoms with Gasteiger partial charge in [-0.2, -0.15) is 22.0 Å². The maximum Gasteiger partial charge on any atom is 0.491 e. The van der Waals surface area contributed by atoms with Crippen molar-refractivity contribution in [2.24, 2.45) is 0 Å². The van der Waals surface area contributed by atoms with Crippen LogP contribution in [0.5, 0.6) is 0 Å². The second-order valence-corrected chi connectivity index (χ2v) is 8.74. The van der Waals surface area contributed by atoms with Crippen molar-refractivity contribution in [3.05, 3.63) is 94.3 Å². The first-order valence-electron chi connectivity index (χ1n) is 11.7. The Kier molecular flexibility index (Phi) is 8.79. The number of ether oxygens (including phenoxy) is 1. The number of pyridine rings is 1. The summed E-state index contributed by atoms with van der Waals surface area (Å²) in [5, 5.41) is 11.0. The summed E-state index contributed by atoms with van der Waals surface area (Å²) in [6, 6.07) is 10.2. The molecule has 4 rings (SSSR count). The maximum absolute atomic E-state index is 14.6. The zero-order valence-corrected chi connectivity index (χ0v) is 21.7. The minimum absolute atomic E-state index is 0.167. The first-order valence-corrected chi connectivity index (χ1v) is 12.0. The molecule has 0 saturated heterocycles. The van der Waals surface area contributed by atoms with E-state index in [4.69, 9.17) is 11.6 Å². The van der Waals surface area contributed by atoms with Crippen LogP contribution in [0.4, 0.5) is 27.8 Å². The van der Waals surface area contributed by atoms with Gasteiger partial charge in [0, 0.05) is 12.7 Å². The van der Waals surface area contributed by atoms with Crippen molar-refractivity contribution in [2.75, 3.05) is 11.9 Å². The van der Waals surface area contributed by atoms with E-state index in [1.54, 1.807) is 24.3 Å². The van der Waals surface area contributed by atoms with E-state index in [0.717, 1.165) is 12.3 Å². The molecule has 0 radical (unpaired) electrons. The van der Waals surface area contributed by atoms with E-state index in [0.29, 0.717) is 17.4 Å². The van der Waals surface area contributed by atoms with Gasteiger partial charge in [0.2, 0.25) is 0 Å². The number of halogens is 6. The number of nitrogens with one attached hydrogen (secondary N) is 2. The number of rotatable bonds is 10. The molecule has 1 aromatic carbocycles. The normalized spacial score (nSPS) is 12.4. The van der Waals surface area contributed by atoms with Gasteiger partial charge in [-0.25, -0.2) is 14.3 Å². The van der Waals surface area contributed by atoms with Crippen molar-refractivity contribution in [1.29, 1.82) is 0 Å². The van der Waals surface area contributed by atoms with E-state index in [1.165, 1.54) is 29.4 Å². The molecule has 4 aromatic rings. The Morgan fingerprint density at radius 1 is 1.00 bits per heavy atom. The molecule has 18 heteroatoms. The van der Waals surface area contributed by atoms with Crippen LogP contribution in [0.3, 0.4) is 0 Å². The third-order valence-electron chi connectivity index (χ3n) is 5.52. The van der Waals surface area contributed by atoms with E-state index in [1.807, 2.05) is 0 Å². The molecular weight excluding hydrogens is 595 g/mol. The van der Waals surface area contributed by atoms with E-state index >= 15 is 0 Å². The van der Waals surface area contributed by atoms with Crippen molar-refractivity contribution in [3.63, 3.8) is 0 Å². The first-order chi connectivity index (χ1) is 19.9. The fourth-order valence-corrected chi connectivity index (χ4v) is 3.76. The van der Waals surface area contributed by atoms with Crippen LogP contribution in [0.1, 0.15) is 17.5 Å². The number of hydrogen-bond donors (Lipinski definition) is 2. The standard InChI is InChI=1S/C24H18ClF5N8O4/c25-17-10-32-18(34-11-23(26,27)16-7-3-4-8-31-16)20(40)38(17)21(42-22(41)24(28,29)30)19(39)33-9-14-5-1-2-6-15(14)37-12-35-36-13-37/h1-8,10,12-13,21H,9,11H2,(H,32,34)(H,33,39). The van der Waals surface area contributed by atoms with Crippen LogP contribution in [-0.4, -0.2) is 53.9 Å². The summed E-state index contributed by atoms with van der Waals surface area (Å²) in [6.07, 6.45) is -3.63. The average molecular weight is 613 g/mol. The van der Waals surface area contributed by atoms with Gasteiger partial charge in [0.1, 0.15) is 23.5 Å². The number of carbonyl (C=O) groups is 2. The van der Waals surface area contributed by atoms with Crippen molar-refractivity contribution < 1.29 is 36.3 Å². The van der Waals surface area contributed by atoms with E-state index in [2.05, 4.69) is 35.5 Å². The SMILES string of the molecule is O=C(NCc1ccccc1-n1cnnc1)C(OC(=O)C(F)(F)F)n1c(Cl)cnc(NCC(F)(F)c2ccccn2)c1=O. The Bertz CT molecular complexity index is 1620. The number of amides is 1. The lowest BCUT2D eigenvalue weighted by Crippen LogP contribution is -2.43. The molecule has 0 aliphatic rings. The number of hydrogen-bond acceptors (Lipinski definition) is 9. The van der Waals surface area contributed by atoms with E-state index in [-0.39, 0.29) is 11.1 Å². The van der Waals surface area contributed by atoms with Crippen LogP contribution in [0, 0.1) is 0 Å². The number of nitrogens with zero attached hydrogens (tertiary/aromatic N) is 6. The van der Waals surface area contributed by atoms with E-state index in [9.17, 15) is 36.3 Å². The van der Waals surface area contributed by atoms with Crippen LogP contribution in [0.25, 0.3) is 5.69 Å². The first kappa shape index (κ1) is 30.0. The molecule has 1 unspecified atom stereocenters. The Hall–Kier alpha value is -4.93. The third-order valence-corrected chi connectivity index (χ3v) is 5.80. The van der Waals surface area contributed by atoms with Gasteiger partial charge in [-0.1, -0.05) is 35.9 Å². The quantitative estimate of drug-likeness (QED) is 0.204. The lowest BCUT2D eigenvalue weighted by molar-refractivity contribution is -0.209. The van der Waals surface area contributed by atoms with Gasteiger partial charge in [-0.3, -0.25) is 19.1 Å². The number of para-hydroxylation sites is 1. The van der Waals surface area contributed by atoms with Crippen LogP contribution >= 0.6 is 11.6 Å². The number of alkyl halides is 5. The Morgan fingerprint density at radius 2 is 1.69 bits per heavy atom. The Balaban J connectivity index is 1.63. The van der Waals surface area contributed by atoms with Crippen molar-refractivity contribution in [2.45, 2.75) is 24.9 Å². The molecule has 220 valence electrons. The number of anilines is 1. The maximum atomic E-state index is 14.6. The molecule has 0 bridgehead atoms. The molecule has 0 aliphatic carbocycles. The zero-order chi connectivity index (χ0) is 30.5. The van der Waals surface area contributed by atoms with Crippen molar-refractivity contribution in [3.8, 4) is 5.69 Å². The second kappa shape index (κ2) is 12.3. The molecular formula is C24H18ClF5N8O4. The van der Waals surface area contributed by atoms with Crippen molar-refractivity contribution >= 4 is 29.3 Å². The fraction of sp³-hybridized carbons (Fsp3) is 0.208. The van der Waals surface area contributed by atoms with Gasteiger partial charge >= 0.3 is 18.1 Å². The molecule has 42 heavy (non-hydrogen) atoms. The summed E-state index contributed by atoms with van der Waals surface area (Å²) in [4.78, 5) is 45.1. The summed E-state index contributed by atoms with van der Waals surface area (Å²) in [5.74, 6) is -8.65. The highest BCUT2D eigenvalue weighted by Gasteiger charge is 2.44. The molecule has 1 atom stereocenters. The summed E-state index contributed by atoms with van der Waals surface area (Å²) in [5.41, 5.74) is -1.15. The molecule has 1 amide bonds. The van der Waals surface area contributed by atoms with Crippen LogP contribution in [0.2, 0.25) is 5.15 Å². The van der Waals surface area contributed by atoms with E-state index < -0.39 is 59.0 Å². The lowest BCUT2D eigenvalue weighted by Gasteiger charge is -2.22. The monoisotopic (exact) mass is 612 g/mol. The molecule has 3 aromatic heterocycles. The smallest absolute Gasteiger partial charge is 0.425 e. The number of aromatic nitrogens is 6. The van der Waals surface area contributed by atoms with Gasteiger partial charge in [-0.15, -0.1) is 10.2 Å². The summed E-state index contributed by atoms with van der Waals surface area (Å²) in [7, 11) is 0. The Labute approximate surface area is 237 Å². The topological polar surface area (TPSA) is 146 Å². The summed E-state index contributed by atoms with van der Waals surface area (Å²) < 4.78 is 74.4. The highest BCUT2D eigenvalue weighted by atomic mass is 35.5. The zero-order valence-electron chi connectivity index (χ0n) is 20.9.